The molecule has 2 fully saturated rings. The van der Waals surface area contributed by atoms with Gasteiger partial charge in [0.25, 0.3) is 0 Å². The summed E-state index contributed by atoms with van der Waals surface area (Å²) in [5, 5.41) is 21.0. The van der Waals surface area contributed by atoms with Gasteiger partial charge in [0.05, 0.1) is 6.10 Å². The molecule has 8 heteroatoms. The number of likely N-dealkylation sites (N-methyl/N-ethyl adjacent to an activating group) is 1. The third-order valence-electron chi connectivity index (χ3n) is 3.55. The van der Waals surface area contributed by atoms with Crippen molar-refractivity contribution >= 4 is 17.9 Å². The lowest BCUT2D eigenvalue weighted by Gasteiger charge is -2.23. The van der Waals surface area contributed by atoms with Crippen molar-refractivity contribution in [3.8, 4) is 0 Å². The van der Waals surface area contributed by atoms with Crippen molar-refractivity contribution in [2.45, 2.75) is 31.0 Å². The van der Waals surface area contributed by atoms with Crippen LogP contribution < -0.4 is 5.32 Å². The summed E-state index contributed by atoms with van der Waals surface area (Å²) in [5.41, 5.74) is 0. The molecule has 19 heavy (non-hydrogen) atoms. The first-order valence-corrected chi connectivity index (χ1v) is 6.13. The van der Waals surface area contributed by atoms with Crippen LogP contribution in [-0.2, 0) is 9.59 Å². The van der Waals surface area contributed by atoms with Crippen molar-refractivity contribution in [2.75, 3.05) is 20.1 Å². The van der Waals surface area contributed by atoms with E-state index < -0.39 is 30.2 Å². The Kier molecular flexibility index (Phi) is 3.61. The minimum absolute atomic E-state index is 0.0151. The largest absolute Gasteiger partial charge is 0.480 e. The van der Waals surface area contributed by atoms with Crippen molar-refractivity contribution in [1.29, 1.82) is 0 Å². The number of urea groups is 1. The van der Waals surface area contributed by atoms with Crippen molar-refractivity contribution in [3.05, 3.63) is 0 Å². The Bertz CT molecular complexity index is 413. The van der Waals surface area contributed by atoms with E-state index in [1.807, 2.05) is 0 Å². The highest BCUT2D eigenvalue weighted by Crippen LogP contribution is 2.19. The second kappa shape index (κ2) is 5.04. The fourth-order valence-corrected chi connectivity index (χ4v) is 2.46. The molecule has 0 aromatic carbocycles. The maximum Gasteiger partial charge on any atom is 0.326 e. The monoisotopic (exact) mass is 271 g/mol. The fraction of sp³-hybridized carbons (Fsp3) is 0.727. The molecule has 0 spiro atoms. The summed E-state index contributed by atoms with van der Waals surface area (Å²) >= 11 is 0. The van der Waals surface area contributed by atoms with Gasteiger partial charge in [-0.3, -0.25) is 4.79 Å². The quantitative estimate of drug-likeness (QED) is 0.563. The van der Waals surface area contributed by atoms with Gasteiger partial charge in [0.15, 0.2) is 0 Å². The standard InChI is InChI=1S/C11H17N3O5/c1-13-3-2-7(9(13)16)12-11(19)14-5-6(15)4-8(14)10(17)18/h6-8,15H,2-5H2,1H3,(H,12,19)(H,17,18)/t6?,7?,8-/m0/s1. The zero-order valence-electron chi connectivity index (χ0n) is 10.6. The normalized spacial score (nSPS) is 30.8. The first-order valence-electron chi connectivity index (χ1n) is 6.13. The number of aliphatic hydroxyl groups is 1. The van der Waals surface area contributed by atoms with Crippen LogP contribution in [0.5, 0.6) is 0 Å². The smallest absolute Gasteiger partial charge is 0.326 e. The van der Waals surface area contributed by atoms with E-state index >= 15 is 0 Å². The van der Waals surface area contributed by atoms with E-state index in [0.717, 1.165) is 4.90 Å². The number of hydrogen-bond donors (Lipinski definition) is 3. The van der Waals surface area contributed by atoms with Crippen LogP contribution in [0.2, 0.25) is 0 Å². The van der Waals surface area contributed by atoms with Gasteiger partial charge in [0, 0.05) is 26.6 Å². The fourth-order valence-electron chi connectivity index (χ4n) is 2.46. The Morgan fingerprint density at radius 3 is 2.63 bits per heavy atom. The topological polar surface area (TPSA) is 110 Å². The molecule has 3 amide bonds. The summed E-state index contributed by atoms with van der Waals surface area (Å²) in [6, 6.07) is -2.26. The number of hydrogen-bond acceptors (Lipinski definition) is 4. The van der Waals surface area contributed by atoms with Crippen LogP contribution in [0, 0.1) is 0 Å². The molecule has 2 heterocycles. The van der Waals surface area contributed by atoms with Gasteiger partial charge in [-0.25, -0.2) is 9.59 Å². The number of β-amino-alcohol motifs (C(OH)–C–C–N with tert-alkyl or cyclic N) is 1. The third kappa shape index (κ3) is 2.62. The highest BCUT2D eigenvalue weighted by molar-refractivity contribution is 5.90. The number of carbonyl (C=O) groups excluding carboxylic acids is 2. The number of carbonyl (C=O) groups is 3. The number of likely N-dealkylation sites (tertiary alicyclic amines) is 2. The average Bonchev–Trinajstić information content (AvgIpc) is 2.87. The number of carboxylic acid groups (broad SMARTS) is 1. The highest BCUT2D eigenvalue weighted by Gasteiger charge is 2.40. The second-order valence-corrected chi connectivity index (χ2v) is 4.95. The van der Waals surface area contributed by atoms with Gasteiger partial charge in [-0.1, -0.05) is 0 Å². The average molecular weight is 271 g/mol. The number of aliphatic hydroxyl groups excluding tert-OH is 1. The van der Waals surface area contributed by atoms with E-state index in [4.69, 9.17) is 5.11 Å². The molecule has 0 bridgehead atoms. The Hall–Kier alpha value is -1.83. The van der Waals surface area contributed by atoms with E-state index in [0.29, 0.717) is 13.0 Å². The summed E-state index contributed by atoms with van der Waals surface area (Å²) in [5.74, 6) is -1.33. The molecule has 0 aromatic rings. The van der Waals surface area contributed by atoms with Gasteiger partial charge in [-0.15, -0.1) is 0 Å². The van der Waals surface area contributed by atoms with Crippen LogP contribution in [0.3, 0.4) is 0 Å². The van der Waals surface area contributed by atoms with Gasteiger partial charge in [-0.05, 0) is 6.42 Å². The first kappa shape index (κ1) is 13.6. The molecule has 2 unspecified atom stereocenters. The van der Waals surface area contributed by atoms with Gasteiger partial charge in [-0.2, -0.15) is 0 Å². The SMILES string of the molecule is CN1CCC(NC(=O)N2CC(O)C[C@H]2C(=O)O)C1=O. The zero-order chi connectivity index (χ0) is 14.2. The van der Waals surface area contributed by atoms with Gasteiger partial charge < -0.3 is 25.3 Å². The van der Waals surface area contributed by atoms with Crippen molar-refractivity contribution in [1.82, 2.24) is 15.1 Å². The number of aliphatic carboxylic acids is 1. The summed E-state index contributed by atoms with van der Waals surface area (Å²) in [6.45, 7) is 0.536. The predicted molar refractivity (Wildman–Crippen MR) is 63.3 cm³/mol. The Balaban J connectivity index is 1.99. The molecule has 0 radical (unpaired) electrons. The summed E-state index contributed by atoms with van der Waals surface area (Å²) in [6.07, 6.45) is -0.315. The lowest BCUT2D eigenvalue weighted by molar-refractivity contribution is -0.141. The molecular weight excluding hydrogens is 254 g/mol. The summed E-state index contributed by atoms with van der Waals surface area (Å²) in [4.78, 5) is 37.2. The third-order valence-corrected chi connectivity index (χ3v) is 3.55. The molecule has 0 aromatic heterocycles. The zero-order valence-corrected chi connectivity index (χ0v) is 10.6. The van der Waals surface area contributed by atoms with E-state index in [2.05, 4.69) is 5.32 Å². The molecule has 106 valence electrons. The number of carboxylic acids is 1. The van der Waals surface area contributed by atoms with Crippen molar-refractivity contribution in [3.63, 3.8) is 0 Å². The Morgan fingerprint density at radius 2 is 2.11 bits per heavy atom. The molecule has 8 nitrogen and oxygen atoms in total. The molecule has 2 aliphatic heterocycles. The van der Waals surface area contributed by atoms with Gasteiger partial charge in [0.2, 0.25) is 5.91 Å². The molecule has 2 saturated heterocycles. The summed E-state index contributed by atoms with van der Waals surface area (Å²) < 4.78 is 0. The van der Waals surface area contributed by atoms with Crippen LogP contribution in [0.1, 0.15) is 12.8 Å². The molecule has 2 rings (SSSR count). The van der Waals surface area contributed by atoms with Crippen LogP contribution in [-0.4, -0.2) is 76.2 Å². The van der Waals surface area contributed by atoms with Crippen molar-refractivity contribution in [2.24, 2.45) is 0 Å². The molecule has 3 N–H and O–H groups in total. The maximum atomic E-state index is 12.0. The van der Waals surface area contributed by atoms with E-state index in [9.17, 15) is 19.5 Å². The minimum atomic E-state index is -1.15. The molecule has 3 atom stereocenters. The number of amides is 3. The van der Waals surface area contributed by atoms with E-state index in [-0.39, 0.29) is 18.9 Å². The molecule has 0 saturated carbocycles. The molecule has 2 aliphatic rings. The van der Waals surface area contributed by atoms with E-state index in [1.54, 1.807) is 7.05 Å². The number of nitrogens with one attached hydrogen (secondary N) is 1. The minimum Gasteiger partial charge on any atom is -0.480 e. The first-order chi connectivity index (χ1) is 8.90. The van der Waals surface area contributed by atoms with Crippen LogP contribution in [0.25, 0.3) is 0 Å². The highest BCUT2D eigenvalue weighted by atomic mass is 16.4. The predicted octanol–water partition coefficient (Wildman–Crippen LogP) is -1.55. The van der Waals surface area contributed by atoms with Gasteiger partial charge in [0.1, 0.15) is 12.1 Å². The maximum absolute atomic E-state index is 12.0. The Labute approximate surface area is 110 Å². The van der Waals surface area contributed by atoms with Crippen molar-refractivity contribution < 1.29 is 24.6 Å². The Morgan fingerprint density at radius 1 is 1.42 bits per heavy atom. The van der Waals surface area contributed by atoms with Crippen LogP contribution in [0.15, 0.2) is 0 Å². The molecule has 0 aliphatic carbocycles. The lowest BCUT2D eigenvalue weighted by Crippen LogP contribution is -2.51. The van der Waals surface area contributed by atoms with Crippen LogP contribution in [0.4, 0.5) is 4.79 Å². The second-order valence-electron chi connectivity index (χ2n) is 4.95. The number of rotatable bonds is 2. The molecular formula is C11H17N3O5. The van der Waals surface area contributed by atoms with Gasteiger partial charge >= 0.3 is 12.0 Å². The van der Waals surface area contributed by atoms with E-state index in [1.165, 1.54) is 4.90 Å². The number of nitrogens with zero attached hydrogens (tertiary/aromatic N) is 2. The lowest BCUT2D eigenvalue weighted by atomic mass is 10.2. The van der Waals surface area contributed by atoms with Crippen LogP contribution >= 0.6 is 0 Å². The summed E-state index contributed by atoms with van der Waals surface area (Å²) in [7, 11) is 1.65.